The van der Waals surface area contributed by atoms with Crippen LogP contribution in [0.15, 0.2) is 24.4 Å². The van der Waals surface area contributed by atoms with Gasteiger partial charge in [-0.2, -0.15) is 0 Å². The summed E-state index contributed by atoms with van der Waals surface area (Å²) in [4.78, 5) is 21.3. The molecule has 110 valence electrons. The quantitative estimate of drug-likeness (QED) is 0.792. The van der Waals surface area contributed by atoms with Gasteiger partial charge < -0.3 is 4.90 Å². The van der Waals surface area contributed by atoms with Gasteiger partial charge in [0.25, 0.3) is 0 Å². The first-order valence-corrected chi connectivity index (χ1v) is 7.40. The molecule has 1 fully saturated rings. The molecule has 2 rings (SSSR count). The van der Waals surface area contributed by atoms with E-state index >= 15 is 0 Å². The highest BCUT2D eigenvalue weighted by atomic mass is 16.2. The van der Waals surface area contributed by atoms with Crippen molar-refractivity contribution in [1.82, 2.24) is 14.8 Å². The molecule has 0 aliphatic carbocycles. The average Bonchev–Trinajstić information content (AvgIpc) is 2.40. The van der Waals surface area contributed by atoms with Gasteiger partial charge in [0, 0.05) is 11.7 Å². The van der Waals surface area contributed by atoms with Crippen molar-refractivity contribution >= 4 is 5.91 Å². The maximum absolute atomic E-state index is 12.6. The van der Waals surface area contributed by atoms with E-state index in [1.54, 1.807) is 6.20 Å². The van der Waals surface area contributed by atoms with Crippen molar-refractivity contribution in [2.45, 2.75) is 52.2 Å². The van der Waals surface area contributed by atoms with Crippen molar-refractivity contribution in [3.63, 3.8) is 0 Å². The molecule has 0 saturated carbocycles. The zero-order valence-electron chi connectivity index (χ0n) is 13.1. The van der Waals surface area contributed by atoms with Gasteiger partial charge in [-0.1, -0.05) is 19.9 Å². The van der Waals surface area contributed by atoms with Gasteiger partial charge in [0.1, 0.15) is 6.04 Å². The van der Waals surface area contributed by atoms with Crippen LogP contribution in [0.25, 0.3) is 0 Å². The summed E-state index contributed by atoms with van der Waals surface area (Å²) < 4.78 is 0. The lowest BCUT2D eigenvalue weighted by molar-refractivity contribution is -0.170. The summed E-state index contributed by atoms with van der Waals surface area (Å²) >= 11 is 0. The molecule has 4 heteroatoms. The van der Waals surface area contributed by atoms with Gasteiger partial charge in [0.2, 0.25) is 5.91 Å². The van der Waals surface area contributed by atoms with E-state index < -0.39 is 0 Å². The molecule has 0 bridgehead atoms. The van der Waals surface area contributed by atoms with Crippen LogP contribution in [0.3, 0.4) is 0 Å². The number of hydrogen-bond donors (Lipinski definition) is 0. The number of amides is 1. The Morgan fingerprint density at radius 1 is 1.25 bits per heavy atom. The maximum Gasteiger partial charge on any atom is 0.243 e. The molecule has 4 nitrogen and oxygen atoms in total. The number of carbonyl (C=O) groups is 1. The van der Waals surface area contributed by atoms with Crippen LogP contribution < -0.4 is 0 Å². The molecule has 1 aromatic rings. The van der Waals surface area contributed by atoms with Gasteiger partial charge in [-0.3, -0.25) is 14.7 Å². The lowest BCUT2D eigenvalue weighted by Gasteiger charge is -2.56. The minimum absolute atomic E-state index is 0.0589. The third-order valence-corrected chi connectivity index (χ3v) is 3.99. The molecule has 1 aliphatic heterocycles. The van der Waals surface area contributed by atoms with Crippen molar-refractivity contribution < 1.29 is 4.79 Å². The Morgan fingerprint density at radius 3 is 2.35 bits per heavy atom. The predicted molar refractivity (Wildman–Crippen MR) is 80.3 cm³/mol. The van der Waals surface area contributed by atoms with E-state index in [9.17, 15) is 4.79 Å². The number of likely N-dealkylation sites (N-methyl/N-ethyl adjacent to an activating group) is 1. The second-order valence-electron chi connectivity index (χ2n) is 6.24. The number of nitrogens with zero attached hydrogens (tertiary/aromatic N) is 3. The van der Waals surface area contributed by atoms with E-state index in [0.717, 1.165) is 18.8 Å². The fraction of sp³-hybridized carbons (Fsp3) is 0.625. The molecule has 2 atom stereocenters. The second kappa shape index (κ2) is 5.52. The van der Waals surface area contributed by atoms with E-state index in [4.69, 9.17) is 0 Å². The zero-order chi connectivity index (χ0) is 14.9. The van der Waals surface area contributed by atoms with E-state index in [-0.39, 0.29) is 23.5 Å². The molecule has 0 spiro atoms. The number of likely N-dealkylation sites (tertiary alicyclic amines) is 1. The molecule has 0 unspecified atom stereocenters. The summed E-state index contributed by atoms with van der Waals surface area (Å²) in [6, 6.07) is 5.91. The zero-order valence-corrected chi connectivity index (χ0v) is 13.1. The summed E-state index contributed by atoms with van der Waals surface area (Å²) in [5.41, 5.74) is 0.807. The molecule has 0 radical (unpaired) electrons. The molecule has 0 N–H and O–H groups in total. The molecular formula is C16H25N3O. The molecule has 0 aromatic carbocycles. The van der Waals surface area contributed by atoms with Crippen LogP contribution in [0.4, 0.5) is 0 Å². The Kier molecular flexibility index (Phi) is 4.14. The normalized spacial score (nSPS) is 23.1. The van der Waals surface area contributed by atoms with Crippen LogP contribution >= 0.6 is 0 Å². The molecular weight excluding hydrogens is 250 g/mol. The smallest absolute Gasteiger partial charge is 0.243 e. The van der Waals surface area contributed by atoms with Crippen LogP contribution in [-0.2, 0) is 4.79 Å². The minimum atomic E-state index is -0.178. The van der Waals surface area contributed by atoms with E-state index in [1.165, 1.54) is 0 Å². The fourth-order valence-electron chi connectivity index (χ4n) is 3.04. The minimum Gasteiger partial charge on any atom is -0.326 e. The van der Waals surface area contributed by atoms with Crippen molar-refractivity contribution in [2.24, 2.45) is 0 Å². The third-order valence-electron chi connectivity index (χ3n) is 3.99. The number of aromatic nitrogens is 1. The molecule has 1 aromatic heterocycles. The summed E-state index contributed by atoms with van der Waals surface area (Å²) in [6.45, 7) is 12.2. The van der Waals surface area contributed by atoms with Crippen LogP contribution in [0.5, 0.6) is 0 Å². The highest BCUT2D eigenvalue weighted by Gasteiger charge is 2.54. The Hall–Kier alpha value is -1.42. The lowest BCUT2D eigenvalue weighted by atomic mass is 9.84. The molecule has 2 heterocycles. The second-order valence-corrected chi connectivity index (χ2v) is 6.24. The predicted octanol–water partition coefficient (Wildman–Crippen LogP) is 2.47. The van der Waals surface area contributed by atoms with E-state index in [2.05, 4.69) is 44.5 Å². The summed E-state index contributed by atoms with van der Waals surface area (Å²) in [5, 5.41) is 0. The van der Waals surface area contributed by atoms with Crippen LogP contribution in [0, 0.1) is 0 Å². The Bertz CT molecular complexity index is 462. The van der Waals surface area contributed by atoms with Crippen LogP contribution in [0.1, 0.15) is 46.4 Å². The number of β-lactam (4-membered cyclic amide) rings is 1. The summed E-state index contributed by atoms with van der Waals surface area (Å²) in [5.74, 6) is 0.219. The maximum atomic E-state index is 12.6. The first kappa shape index (κ1) is 15.0. The Balaban J connectivity index is 2.37. The largest absolute Gasteiger partial charge is 0.326 e. The van der Waals surface area contributed by atoms with Crippen molar-refractivity contribution in [3.8, 4) is 0 Å². The lowest BCUT2D eigenvalue weighted by Crippen LogP contribution is -2.70. The summed E-state index contributed by atoms with van der Waals surface area (Å²) in [6.07, 6.45) is 1.80. The van der Waals surface area contributed by atoms with Crippen molar-refractivity contribution in [1.29, 1.82) is 0 Å². The highest BCUT2D eigenvalue weighted by molar-refractivity contribution is 5.90. The first-order chi connectivity index (χ1) is 9.41. The molecule has 1 amide bonds. The highest BCUT2D eigenvalue weighted by Crippen LogP contribution is 2.42. The van der Waals surface area contributed by atoms with E-state index in [1.807, 2.05) is 23.1 Å². The number of rotatable bonds is 4. The van der Waals surface area contributed by atoms with Crippen molar-refractivity contribution in [3.05, 3.63) is 30.1 Å². The SMILES string of the molecule is CCN(CC)[C@@H]1C(=O)N(C(C)(C)C)[C@H]1c1ccccn1. The third kappa shape index (κ3) is 2.44. The number of hydrogen-bond acceptors (Lipinski definition) is 3. The Labute approximate surface area is 121 Å². The average molecular weight is 275 g/mol. The van der Waals surface area contributed by atoms with Crippen LogP contribution in [0.2, 0.25) is 0 Å². The first-order valence-electron chi connectivity index (χ1n) is 7.40. The monoisotopic (exact) mass is 275 g/mol. The molecule has 1 saturated heterocycles. The van der Waals surface area contributed by atoms with Gasteiger partial charge in [-0.25, -0.2) is 0 Å². The number of pyridine rings is 1. The molecule has 20 heavy (non-hydrogen) atoms. The standard InChI is InChI=1S/C16H25N3O/c1-6-18(7-2)14-13(12-10-8-9-11-17-12)19(15(14)20)16(3,4)5/h8-11,13-14H,6-7H2,1-5H3/t13-,14-/m0/s1. The van der Waals surface area contributed by atoms with Gasteiger partial charge >= 0.3 is 0 Å². The molecule has 1 aliphatic rings. The number of carbonyl (C=O) groups excluding carboxylic acids is 1. The van der Waals surface area contributed by atoms with Gasteiger partial charge in [0.05, 0.1) is 11.7 Å². The Morgan fingerprint density at radius 2 is 1.90 bits per heavy atom. The van der Waals surface area contributed by atoms with Gasteiger partial charge in [-0.05, 0) is 46.0 Å². The topological polar surface area (TPSA) is 36.4 Å². The summed E-state index contributed by atoms with van der Waals surface area (Å²) in [7, 11) is 0. The van der Waals surface area contributed by atoms with Gasteiger partial charge in [0.15, 0.2) is 0 Å². The fourth-order valence-corrected chi connectivity index (χ4v) is 3.04. The van der Waals surface area contributed by atoms with Crippen LogP contribution in [-0.4, -0.2) is 45.4 Å². The van der Waals surface area contributed by atoms with Gasteiger partial charge in [-0.15, -0.1) is 0 Å². The van der Waals surface area contributed by atoms with Crippen molar-refractivity contribution in [2.75, 3.05) is 13.1 Å². The van der Waals surface area contributed by atoms with E-state index in [0.29, 0.717) is 0 Å².